The first-order valence-electron chi connectivity index (χ1n) is 8.27. The van der Waals surface area contributed by atoms with Crippen LogP contribution in [0.2, 0.25) is 0 Å². The fraction of sp³-hybridized carbons (Fsp3) is 0.778. The Kier molecular flexibility index (Phi) is 16.9. The van der Waals surface area contributed by atoms with Crippen LogP contribution in [0, 0.1) is 0 Å². The minimum atomic E-state index is -0.162. The van der Waals surface area contributed by atoms with Gasteiger partial charge in [0.1, 0.15) is 0 Å². The van der Waals surface area contributed by atoms with Crippen LogP contribution >= 0.6 is 0 Å². The second-order valence-corrected chi connectivity index (χ2v) is 5.27. The van der Waals surface area contributed by atoms with Crippen LogP contribution < -0.4 is 0 Å². The van der Waals surface area contributed by atoms with Crippen LogP contribution in [0.5, 0.6) is 0 Å². The van der Waals surface area contributed by atoms with Crippen molar-refractivity contribution in [2.45, 2.75) is 84.0 Å². The molecule has 0 aromatic rings. The average Bonchev–Trinajstić information content (AvgIpc) is 2.43. The minimum Gasteiger partial charge on any atom is -0.251 e. The van der Waals surface area contributed by atoms with Crippen molar-refractivity contribution in [1.29, 1.82) is 0 Å². The number of allylic oxidation sites excluding steroid dienone is 4. The van der Waals surface area contributed by atoms with E-state index in [9.17, 15) is 4.39 Å². The van der Waals surface area contributed by atoms with Crippen molar-refractivity contribution in [2.24, 2.45) is 0 Å². The highest BCUT2D eigenvalue weighted by atomic mass is 19.1. The zero-order chi connectivity index (χ0) is 14.0. The van der Waals surface area contributed by atoms with Crippen LogP contribution in [0.4, 0.5) is 4.39 Å². The predicted octanol–water partition coefficient (Wildman–Crippen LogP) is 6.77. The molecular formula is C18H33F. The van der Waals surface area contributed by atoms with Crippen molar-refractivity contribution in [2.75, 3.05) is 6.67 Å². The van der Waals surface area contributed by atoms with Gasteiger partial charge in [0.25, 0.3) is 0 Å². The molecule has 0 heterocycles. The Morgan fingerprint density at radius 3 is 1.74 bits per heavy atom. The molecule has 0 atom stereocenters. The molecule has 0 N–H and O–H groups in total. The lowest BCUT2D eigenvalue weighted by molar-refractivity contribution is 0.457. The zero-order valence-corrected chi connectivity index (χ0v) is 12.9. The maximum Gasteiger partial charge on any atom is 0.0894 e. The van der Waals surface area contributed by atoms with E-state index in [1.165, 1.54) is 44.9 Å². The smallest absolute Gasteiger partial charge is 0.0894 e. The third-order valence-corrected chi connectivity index (χ3v) is 3.33. The van der Waals surface area contributed by atoms with E-state index in [-0.39, 0.29) is 6.67 Å². The van der Waals surface area contributed by atoms with Crippen molar-refractivity contribution in [1.82, 2.24) is 0 Å². The molecule has 0 aliphatic carbocycles. The lowest BCUT2D eigenvalue weighted by atomic mass is 10.1. The summed E-state index contributed by atoms with van der Waals surface area (Å²) < 4.78 is 11.8. The van der Waals surface area contributed by atoms with Crippen LogP contribution in [0.1, 0.15) is 84.0 Å². The summed E-state index contributed by atoms with van der Waals surface area (Å²) in [6.45, 7) is 2.10. The summed E-state index contributed by atoms with van der Waals surface area (Å²) in [5, 5.41) is 0. The van der Waals surface area contributed by atoms with E-state index in [0.29, 0.717) is 0 Å². The maximum atomic E-state index is 11.8. The van der Waals surface area contributed by atoms with Gasteiger partial charge in [0.15, 0.2) is 0 Å². The van der Waals surface area contributed by atoms with E-state index >= 15 is 0 Å². The van der Waals surface area contributed by atoms with Crippen molar-refractivity contribution in [3.05, 3.63) is 24.3 Å². The van der Waals surface area contributed by atoms with Gasteiger partial charge in [0.05, 0.1) is 6.67 Å². The Bertz CT molecular complexity index is 206. The Hall–Kier alpha value is -0.590. The monoisotopic (exact) mass is 268 g/mol. The highest BCUT2D eigenvalue weighted by Crippen LogP contribution is 2.07. The molecule has 0 nitrogen and oxygen atoms in total. The second kappa shape index (κ2) is 17.4. The number of halogens is 1. The molecule has 0 aromatic heterocycles. The third-order valence-electron chi connectivity index (χ3n) is 3.33. The topological polar surface area (TPSA) is 0 Å². The molecule has 19 heavy (non-hydrogen) atoms. The number of alkyl halides is 1. The third kappa shape index (κ3) is 17.4. The van der Waals surface area contributed by atoms with E-state index in [4.69, 9.17) is 0 Å². The number of hydrogen-bond donors (Lipinski definition) is 0. The minimum absolute atomic E-state index is 0.162. The molecule has 112 valence electrons. The summed E-state index contributed by atoms with van der Waals surface area (Å²) >= 11 is 0. The summed E-state index contributed by atoms with van der Waals surface area (Å²) in [7, 11) is 0. The molecule has 0 spiro atoms. The lowest BCUT2D eigenvalue weighted by Gasteiger charge is -1.97. The molecular weight excluding hydrogens is 235 g/mol. The maximum absolute atomic E-state index is 11.8. The molecule has 0 aromatic carbocycles. The lowest BCUT2D eigenvalue weighted by Crippen LogP contribution is -1.77. The van der Waals surface area contributed by atoms with E-state index in [0.717, 1.165) is 32.1 Å². The van der Waals surface area contributed by atoms with Crippen molar-refractivity contribution >= 4 is 0 Å². The van der Waals surface area contributed by atoms with Crippen LogP contribution in [-0.2, 0) is 0 Å². The van der Waals surface area contributed by atoms with Gasteiger partial charge in [-0.2, -0.15) is 0 Å². The van der Waals surface area contributed by atoms with Gasteiger partial charge in [-0.05, 0) is 38.5 Å². The SMILES string of the molecule is CCCCCCCCC=CCC=CCCCCCF. The van der Waals surface area contributed by atoms with Gasteiger partial charge in [0.2, 0.25) is 0 Å². The summed E-state index contributed by atoms with van der Waals surface area (Å²) in [4.78, 5) is 0. The molecule has 0 aliphatic rings. The second-order valence-electron chi connectivity index (χ2n) is 5.27. The molecule has 0 radical (unpaired) electrons. The highest BCUT2D eigenvalue weighted by Gasteiger charge is 1.88. The zero-order valence-electron chi connectivity index (χ0n) is 12.9. The van der Waals surface area contributed by atoms with Crippen molar-refractivity contribution in [3.8, 4) is 0 Å². The summed E-state index contributed by atoms with van der Waals surface area (Å²) in [6, 6.07) is 0. The first kappa shape index (κ1) is 18.4. The summed E-state index contributed by atoms with van der Waals surface area (Å²) in [5.74, 6) is 0. The van der Waals surface area contributed by atoms with Gasteiger partial charge in [-0.1, -0.05) is 69.8 Å². The Morgan fingerprint density at radius 2 is 1.16 bits per heavy atom. The standard InChI is InChI=1S/C18H33F/c1-2-3-4-5-6-7-8-9-10-11-12-13-14-15-16-17-18-19/h9-10,12-13H,2-8,11,14-18H2,1H3. The van der Waals surface area contributed by atoms with Gasteiger partial charge in [0, 0.05) is 0 Å². The molecule has 0 aliphatic heterocycles. The molecule has 0 fully saturated rings. The first-order chi connectivity index (χ1) is 9.41. The normalized spacial score (nSPS) is 11.9. The molecule has 0 amide bonds. The van der Waals surface area contributed by atoms with Gasteiger partial charge < -0.3 is 0 Å². The van der Waals surface area contributed by atoms with Gasteiger partial charge in [-0.3, -0.25) is 4.39 Å². The van der Waals surface area contributed by atoms with E-state index in [1.54, 1.807) is 0 Å². The fourth-order valence-corrected chi connectivity index (χ4v) is 2.08. The van der Waals surface area contributed by atoms with E-state index in [2.05, 4.69) is 31.2 Å². The van der Waals surface area contributed by atoms with Gasteiger partial charge in [-0.25, -0.2) is 0 Å². The number of rotatable bonds is 14. The predicted molar refractivity (Wildman–Crippen MR) is 85.3 cm³/mol. The average molecular weight is 268 g/mol. The molecule has 0 unspecified atom stereocenters. The Balaban J connectivity index is 3.14. The number of hydrogen-bond acceptors (Lipinski definition) is 0. The molecule has 0 rings (SSSR count). The molecule has 0 bridgehead atoms. The van der Waals surface area contributed by atoms with Crippen LogP contribution in [0.15, 0.2) is 24.3 Å². The largest absolute Gasteiger partial charge is 0.251 e. The van der Waals surface area contributed by atoms with E-state index in [1.807, 2.05) is 0 Å². The first-order valence-corrected chi connectivity index (χ1v) is 8.27. The van der Waals surface area contributed by atoms with Crippen LogP contribution in [0.25, 0.3) is 0 Å². The van der Waals surface area contributed by atoms with Crippen molar-refractivity contribution in [3.63, 3.8) is 0 Å². The van der Waals surface area contributed by atoms with Gasteiger partial charge >= 0.3 is 0 Å². The van der Waals surface area contributed by atoms with Gasteiger partial charge in [-0.15, -0.1) is 0 Å². The molecule has 1 heteroatoms. The van der Waals surface area contributed by atoms with Crippen molar-refractivity contribution < 1.29 is 4.39 Å². The molecule has 0 saturated carbocycles. The van der Waals surface area contributed by atoms with E-state index < -0.39 is 0 Å². The summed E-state index contributed by atoms with van der Waals surface area (Å²) in [5.41, 5.74) is 0. The molecule has 0 saturated heterocycles. The fourth-order valence-electron chi connectivity index (χ4n) is 2.08. The van der Waals surface area contributed by atoms with Crippen LogP contribution in [0.3, 0.4) is 0 Å². The quantitative estimate of drug-likeness (QED) is 0.241. The summed E-state index contributed by atoms with van der Waals surface area (Å²) in [6.07, 6.45) is 23.6. The number of unbranched alkanes of at least 4 members (excludes halogenated alkanes) is 9. The highest BCUT2D eigenvalue weighted by molar-refractivity contribution is 4.92. The Morgan fingerprint density at radius 1 is 0.632 bits per heavy atom. The van der Waals surface area contributed by atoms with Crippen LogP contribution in [-0.4, -0.2) is 6.67 Å². The Labute approximate surface area is 120 Å².